The van der Waals surface area contributed by atoms with Crippen molar-refractivity contribution in [2.24, 2.45) is 5.92 Å². The first-order valence-electron chi connectivity index (χ1n) is 15.2. The van der Waals surface area contributed by atoms with Crippen LogP contribution in [-0.2, 0) is 0 Å². The Kier molecular flexibility index (Phi) is 6.28. The van der Waals surface area contributed by atoms with Gasteiger partial charge in [-0.15, -0.1) is 0 Å². The Morgan fingerprint density at radius 3 is 2.74 bits per heavy atom. The molecule has 2 unspecified atom stereocenters. The fourth-order valence-electron chi connectivity index (χ4n) is 8.03. The number of piperazine rings is 1. The zero-order valence-electron chi connectivity index (χ0n) is 23.6. The molecule has 222 valence electrons. The molecule has 1 saturated carbocycles. The van der Waals surface area contributed by atoms with E-state index in [0.717, 1.165) is 57.3 Å². The number of nitrogens with one attached hydrogen (secondary N) is 1. The molecule has 5 fully saturated rings. The molecule has 1 aliphatic carbocycles. The van der Waals surface area contributed by atoms with E-state index < -0.39 is 12.0 Å². The highest BCUT2D eigenvalue weighted by Gasteiger charge is 2.49. The Labute approximate surface area is 248 Å². The summed E-state index contributed by atoms with van der Waals surface area (Å²) in [5.74, 6) is 0.564. The second-order valence-corrected chi connectivity index (χ2v) is 13.5. The third-order valence-corrected chi connectivity index (χ3v) is 10.6. The zero-order chi connectivity index (χ0) is 28.7. The number of ether oxygens (including phenoxy) is 1. The summed E-state index contributed by atoms with van der Waals surface area (Å²) in [6.45, 7) is 5.17. The Morgan fingerprint density at radius 1 is 1.19 bits per heavy atom. The number of aromatic nitrogens is 3. The minimum atomic E-state index is -0.873. The molecule has 6 heterocycles. The van der Waals surface area contributed by atoms with E-state index in [1.807, 2.05) is 0 Å². The van der Waals surface area contributed by atoms with E-state index in [2.05, 4.69) is 32.0 Å². The highest BCUT2D eigenvalue weighted by atomic mass is 35.5. The number of phenols is 1. The molecule has 2 N–H and O–H groups in total. The van der Waals surface area contributed by atoms with E-state index in [0.29, 0.717) is 52.8 Å². The van der Waals surface area contributed by atoms with Gasteiger partial charge in [0.05, 0.1) is 10.9 Å². The second-order valence-electron chi connectivity index (χ2n) is 13.1. The monoisotopic (exact) mass is 596 g/mol. The number of anilines is 1. The number of phenolic OH excluding ortho intramolecular Hbond substituents is 1. The van der Waals surface area contributed by atoms with Gasteiger partial charge in [-0.25, -0.2) is 8.78 Å². The topological polar surface area (TPSA) is 86.6 Å². The van der Waals surface area contributed by atoms with E-state index >= 15 is 4.39 Å². The van der Waals surface area contributed by atoms with Crippen molar-refractivity contribution in [2.75, 3.05) is 37.7 Å². The first-order chi connectivity index (χ1) is 20.3. The molecule has 6 atom stereocenters. The van der Waals surface area contributed by atoms with E-state index in [4.69, 9.17) is 21.3 Å². The summed E-state index contributed by atoms with van der Waals surface area (Å²) in [4.78, 5) is 18.4. The number of hydrogen-bond acceptors (Lipinski definition) is 8. The maximum absolute atomic E-state index is 16.7. The molecule has 8 nitrogen and oxygen atoms in total. The largest absolute Gasteiger partial charge is 0.508 e. The van der Waals surface area contributed by atoms with Crippen LogP contribution >= 0.6 is 11.6 Å². The Bertz CT molecular complexity index is 1560. The van der Waals surface area contributed by atoms with Crippen LogP contribution in [0.2, 0.25) is 5.02 Å². The lowest BCUT2D eigenvalue weighted by atomic mass is 9.95. The number of fused-ring (bicyclic) bond motifs is 4. The van der Waals surface area contributed by atoms with Crippen molar-refractivity contribution in [2.45, 2.75) is 75.2 Å². The average Bonchev–Trinajstić information content (AvgIpc) is 3.22. The van der Waals surface area contributed by atoms with Gasteiger partial charge < -0.3 is 20.1 Å². The van der Waals surface area contributed by atoms with Crippen molar-refractivity contribution in [3.05, 3.63) is 34.7 Å². The lowest BCUT2D eigenvalue weighted by molar-refractivity contribution is 0.107. The first kappa shape index (κ1) is 26.8. The van der Waals surface area contributed by atoms with Crippen molar-refractivity contribution in [3.8, 4) is 23.0 Å². The highest BCUT2D eigenvalue weighted by molar-refractivity contribution is 6.32. The van der Waals surface area contributed by atoms with Gasteiger partial charge in [-0.05, 0) is 68.2 Å². The molecule has 5 aliphatic rings. The number of alkyl halides is 1. The first-order valence-corrected chi connectivity index (χ1v) is 15.6. The number of halogens is 3. The maximum atomic E-state index is 16.7. The average molecular weight is 597 g/mol. The molecule has 2 bridgehead atoms. The van der Waals surface area contributed by atoms with Gasteiger partial charge >= 0.3 is 6.01 Å². The van der Waals surface area contributed by atoms with Crippen molar-refractivity contribution in [3.63, 3.8) is 0 Å². The van der Waals surface area contributed by atoms with Crippen LogP contribution < -0.4 is 15.0 Å². The lowest BCUT2D eigenvalue weighted by Crippen LogP contribution is -2.51. The van der Waals surface area contributed by atoms with Crippen molar-refractivity contribution >= 4 is 28.3 Å². The third-order valence-electron chi connectivity index (χ3n) is 10.2. The van der Waals surface area contributed by atoms with E-state index in [9.17, 15) is 9.50 Å². The number of rotatable bonds is 6. The molecule has 42 heavy (non-hydrogen) atoms. The number of nitrogens with zero attached hydrogens (tertiary/aromatic N) is 5. The quantitative estimate of drug-likeness (QED) is 0.401. The van der Waals surface area contributed by atoms with Crippen LogP contribution in [0.1, 0.15) is 56.9 Å². The second kappa shape index (κ2) is 9.86. The Hall–Kier alpha value is -2.82. The lowest BCUT2D eigenvalue weighted by Gasteiger charge is -2.34. The summed E-state index contributed by atoms with van der Waals surface area (Å²) in [5.41, 5.74) is 1.14. The number of aromatic hydroxyl groups is 1. The summed E-state index contributed by atoms with van der Waals surface area (Å²) in [6.07, 6.45) is 6.18. The van der Waals surface area contributed by atoms with Gasteiger partial charge in [-0.1, -0.05) is 18.5 Å². The summed E-state index contributed by atoms with van der Waals surface area (Å²) < 4.78 is 37.3. The zero-order valence-corrected chi connectivity index (χ0v) is 24.4. The fourth-order valence-corrected chi connectivity index (χ4v) is 8.39. The van der Waals surface area contributed by atoms with Gasteiger partial charge in [0, 0.05) is 54.9 Å². The van der Waals surface area contributed by atoms with Crippen LogP contribution in [-0.4, -0.2) is 81.5 Å². The summed E-state index contributed by atoms with van der Waals surface area (Å²) in [5, 5.41) is 15.0. The smallest absolute Gasteiger partial charge is 0.319 e. The fraction of sp³-hybridized carbons (Fsp3) is 0.581. The van der Waals surface area contributed by atoms with E-state index in [-0.39, 0.29) is 41.0 Å². The molecule has 4 saturated heterocycles. The minimum Gasteiger partial charge on any atom is -0.508 e. The van der Waals surface area contributed by atoms with Gasteiger partial charge in [-0.2, -0.15) is 9.97 Å². The molecular formula is C31H35ClF2N6O2. The third kappa shape index (κ3) is 4.40. The van der Waals surface area contributed by atoms with Crippen molar-refractivity contribution in [1.82, 2.24) is 25.2 Å². The highest BCUT2D eigenvalue weighted by Crippen LogP contribution is 2.53. The standard InChI is InChI=1S/C31H35ClF2N6O2/c1-16-7-21(16)25-22(8-20(41)9-24(25)32)27-26(34)28-23(11-35-27)29(39-13-18-3-4-19(14-39)36-18)38-30(37-28)42-15-31-5-2-6-40(31)12-17(33)10-31/h8-9,11,16-19,21,36,41H,2-7,10,12-15H2,1H3/t16-,17-,18?,19?,21-,31+/m1/s1. The predicted octanol–water partition coefficient (Wildman–Crippen LogP) is 5.21. The molecule has 1 aromatic carbocycles. The minimum absolute atomic E-state index is 0.0415. The van der Waals surface area contributed by atoms with Crippen molar-refractivity contribution in [1.29, 1.82) is 0 Å². The van der Waals surface area contributed by atoms with Gasteiger partial charge in [0.1, 0.15) is 35.6 Å². The van der Waals surface area contributed by atoms with Gasteiger partial charge in [-0.3, -0.25) is 9.88 Å². The van der Waals surface area contributed by atoms with Crippen LogP contribution in [0.15, 0.2) is 18.3 Å². The Balaban J connectivity index is 1.23. The summed E-state index contributed by atoms with van der Waals surface area (Å²) in [6, 6.07) is 3.83. The molecular weight excluding hydrogens is 562 g/mol. The van der Waals surface area contributed by atoms with Gasteiger partial charge in [0.15, 0.2) is 5.82 Å². The predicted molar refractivity (Wildman–Crippen MR) is 157 cm³/mol. The number of hydrogen-bond donors (Lipinski definition) is 2. The van der Waals surface area contributed by atoms with Crippen LogP contribution in [0.25, 0.3) is 22.2 Å². The molecule has 11 heteroatoms. The molecule has 3 aromatic rings. The molecule has 2 aromatic heterocycles. The normalized spacial score (nSPS) is 32.1. The van der Waals surface area contributed by atoms with E-state index in [1.165, 1.54) is 6.07 Å². The number of benzene rings is 1. The molecule has 0 amide bonds. The van der Waals surface area contributed by atoms with Crippen LogP contribution in [0.3, 0.4) is 0 Å². The van der Waals surface area contributed by atoms with E-state index in [1.54, 1.807) is 12.3 Å². The van der Waals surface area contributed by atoms with Crippen LogP contribution in [0.4, 0.5) is 14.6 Å². The maximum Gasteiger partial charge on any atom is 0.319 e. The van der Waals surface area contributed by atoms with Gasteiger partial charge in [0.25, 0.3) is 0 Å². The van der Waals surface area contributed by atoms with Gasteiger partial charge in [0.2, 0.25) is 0 Å². The summed E-state index contributed by atoms with van der Waals surface area (Å²) in [7, 11) is 0. The van der Waals surface area contributed by atoms with Crippen LogP contribution in [0, 0.1) is 11.7 Å². The summed E-state index contributed by atoms with van der Waals surface area (Å²) >= 11 is 6.60. The molecule has 8 rings (SSSR count). The number of pyridine rings is 1. The SMILES string of the molecule is C[C@@H]1C[C@H]1c1c(Cl)cc(O)cc1-c1ncc2c(N3CC4CCC(C3)N4)nc(OC[C@@]34CCCN3C[C@H](F)C4)nc2c1F. The molecule has 4 aliphatic heterocycles. The van der Waals surface area contributed by atoms with Crippen molar-refractivity contribution < 1.29 is 18.6 Å². The molecule has 0 radical (unpaired) electrons. The molecule has 0 spiro atoms. The van der Waals surface area contributed by atoms with Crippen LogP contribution in [0.5, 0.6) is 11.8 Å². The Morgan fingerprint density at radius 2 is 1.98 bits per heavy atom.